The Bertz CT molecular complexity index is 1740. The third-order valence-electron chi connectivity index (χ3n) is 8.84. The van der Waals surface area contributed by atoms with Gasteiger partial charge in [-0.25, -0.2) is 13.1 Å². The van der Waals surface area contributed by atoms with Gasteiger partial charge in [0.1, 0.15) is 22.4 Å². The van der Waals surface area contributed by atoms with Crippen molar-refractivity contribution in [2.45, 2.75) is 93.6 Å². The zero-order valence-corrected chi connectivity index (χ0v) is 31.0. The molecule has 50 heavy (non-hydrogen) atoms. The van der Waals surface area contributed by atoms with Gasteiger partial charge in [0.05, 0.1) is 22.2 Å². The van der Waals surface area contributed by atoms with Crippen molar-refractivity contribution in [1.82, 2.24) is 15.4 Å². The van der Waals surface area contributed by atoms with Crippen molar-refractivity contribution in [3.8, 4) is 11.5 Å². The Balaban J connectivity index is 1.69. The van der Waals surface area contributed by atoms with Crippen LogP contribution in [0.1, 0.15) is 77.8 Å². The Labute approximate surface area is 299 Å². The van der Waals surface area contributed by atoms with Crippen molar-refractivity contribution in [2.75, 3.05) is 24.3 Å². The van der Waals surface area contributed by atoms with E-state index in [0.717, 1.165) is 31.4 Å². The number of carbonyl (C=O) groups is 3. The first-order valence-electron chi connectivity index (χ1n) is 16.9. The van der Waals surface area contributed by atoms with Gasteiger partial charge in [0.25, 0.3) is 5.91 Å². The second kappa shape index (κ2) is 17.2. The molecule has 2 amide bonds. The summed E-state index contributed by atoms with van der Waals surface area (Å²) in [5.74, 6) is -1.34. The number of unbranched alkanes of at least 4 members (excludes halogenated alkanes) is 2. The number of nitrogens with one attached hydrogen (secondary N) is 3. The lowest BCUT2D eigenvalue weighted by atomic mass is 9.87. The van der Waals surface area contributed by atoms with Crippen LogP contribution in [0.4, 0.5) is 11.4 Å². The number of phenolic OH excluding ortho intramolecular Hbond substituents is 1. The quantitative estimate of drug-likeness (QED) is 0.130. The molecular formula is C37H48N4O7S2. The maximum atomic E-state index is 14.3. The zero-order chi connectivity index (χ0) is 36.5. The topological polar surface area (TPSA) is 154 Å². The maximum Gasteiger partial charge on any atom is 0.258 e. The molecule has 1 heterocycles. The van der Waals surface area contributed by atoms with Crippen molar-refractivity contribution in [3.63, 3.8) is 0 Å². The van der Waals surface area contributed by atoms with Crippen LogP contribution in [0.5, 0.6) is 11.5 Å². The number of hydrogen-bond acceptors (Lipinski definition) is 9. The molecule has 0 bridgehead atoms. The molecule has 4 rings (SSSR count). The summed E-state index contributed by atoms with van der Waals surface area (Å²) in [6.07, 6.45) is 6.79. The smallest absolute Gasteiger partial charge is 0.258 e. The molecule has 0 spiro atoms. The van der Waals surface area contributed by atoms with Gasteiger partial charge in [0.15, 0.2) is 12.4 Å². The minimum Gasteiger partial charge on any atom is -0.508 e. The number of hydrogen-bond donors (Lipinski definition) is 4. The Hall–Kier alpha value is -4.07. The van der Waals surface area contributed by atoms with Crippen LogP contribution >= 0.6 is 11.8 Å². The SMILES string of the molecule is CCCCC1(CCCC)CN(c2ccccc2)c2cc(SC)c(OCC(=O)N[C@@H](C(=O)N[C@@H](C)C(C)=O)c3ccc(O)cc3)cc2S(=O)(=O)N1. The van der Waals surface area contributed by atoms with Gasteiger partial charge in [-0.05, 0) is 68.8 Å². The van der Waals surface area contributed by atoms with Gasteiger partial charge < -0.3 is 25.4 Å². The molecular weight excluding hydrogens is 677 g/mol. The molecule has 1 aliphatic rings. The number of phenols is 1. The Morgan fingerprint density at radius 3 is 2.22 bits per heavy atom. The van der Waals surface area contributed by atoms with Crippen molar-refractivity contribution in [1.29, 1.82) is 0 Å². The molecule has 0 radical (unpaired) electrons. The molecule has 0 unspecified atom stereocenters. The van der Waals surface area contributed by atoms with Crippen LogP contribution < -0.4 is 25.0 Å². The van der Waals surface area contributed by atoms with E-state index in [2.05, 4.69) is 34.1 Å². The minimum atomic E-state index is -4.04. The number of anilines is 2. The standard InChI is InChI=1S/C37H48N4O7S2/c1-6-8-19-37(20-9-7-2)24-41(28-13-11-10-12-14-28)30-21-32(49-5)31(22-33(30)50(46,47)40-37)48-23-34(44)39-35(27-15-17-29(43)18-16-27)36(45)38-25(3)26(4)42/h10-18,21-22,25,35,40,43H,6-9,19-20,23-24H2,1-5H3,(H,38,45)(H,39,44)/t25-,35+/m0/s1. The molecule has 11 nitrogen and oxygen atoms in total. The number of thioether (sulfide) groups is 1. The highest BCUT2D eigenvalue weighted by Gasteiger charge is 2.42. The third kappa shape index (κ3) is 9.58. The lowest BCUT2D eigenvalue weighted by molar-refractivity contribution is -0.131. The first kappa shape index (κ1) is 38.7. The number of ketones is 1. The molecule has 2 atom stereocenters. The number of carbonyl (C=O) groups excluding carboxylic acids is 3. The highest BCUT2D eigenvalue weighted by molar-refractivity contribution is 7.98. The van der Waals surface area contributed by atoms with E-state index in [1.54, 1.807) is 13.0 Å². The first-order chi connectivity index (χ1) is 23.8. The average Bonchev–Trinajstić information content (AvgIpc) is 3.19. The summed E-state index contributed by atoms with van der Waals surface area (Å²) in [6, 6.07) is 16.8. The molecule has 0 aliphatic carbocycles. The van der Waals surface area contributed by atoms with E-state index in [1.165, 1.54) is 49.0 Å². The fourth-order valence-electron chi connectivity index (χ4n) is 5.95. The van der Waals surface area contributed by atoms with Gasteiger partial charge in [-0.15, -0.1) is 11.8 Å². The van der Waals surface area contributed by atoms with Crippen molar-refractivity contribution >= 4 is 50.8 Å². The van der Waals surface area contributed by atoms with E-state index in [9.17, 15) is 27.9 Å². The number of benzene rings is 3. The zero-order valence-electron chi connectivity index (χ0n) is 29.3. The number of Topliss-reactive ketones (excluding diaryl/α,β-unsaturated/α-hetero) is 1. The fraction of sp³-hybridized carbons (Fsp3) is 0.432. The van der Waals surface area contributed by atoms with E-state index in [1.807, 2.05) is 36.6 Å². The summed E-state index contributed by atoms with van der Waals surface area (Å²) < 4.78 is 37.7. The number of sulfonamides is 1. The van der Waals surface area contributed by atoms with Gasteiger partial charge in [-0.3, -0.25) is 14.4 Å². The van der Waals surface area contributed by atoms with Gasteiger partial charge in [0, 0.05) is 18.3 Å². The highest BCUT2D eigenvalue weighted by atomic mass is 32.2. The van der Waals surface area contributed by atoms with Crippen molar-refractivity contribution < 1.29 is 32.6 Å². The summed E-state index contributed by atoms with van der Waals surface area (Å²) in [5.41, 5.74) is 1.06. The van der Waals surface area contributed by atoms with Crippen LogP contribution in [0.2, 0.25) is 0 Å². The molecule has 0 saturated heterocycles. The molecule has 1 aliphatic heterocycles. The van der Waals surface area contributed by atoms with Gasteiger partial charge >= 0.3 is 0 Å². The second-order valence-corrected chi connectivity index (χ2v) is 15.2. The van der Waals surface area contributed by atoms with E-state index in [4.69, 9.17) is 4.74 Å². The van der Waals surface area contributed by atoms with Crippen LogP contribution in [0, 0.1) is 0 Å². The second-order valence-electron chi connectivity index (χ2n) is 12.7. The third-order valence-corrected chi connectivity index (χ3v) is 11.2. The summed E-state index contributed by atoms with van der Waals surface area (Å²) in [5, 5.41) is 15.0. The molecule has 270 valence electrons. The maximum absolute atomic E-state index is 14.3. The average molecular weight is 725 g/mol. The number of amides is 2. The van der Waals surface area contributed by atoms with E-state index in [-0.39, 0.29) is 22.2 Å². The molecule has 0 aromatic heterocycles. The minimum absolute atomic E-state index is 0.0179. The Kier molecular flexibility index (Phi) is 13.3. The van der Waals surface area contributed by atoms with E-state index < -0.39 is 46.1 Å². The largest absolute Gasteiger partial charge is 0.508 e. The number of nitrogens with zero attached hydrogens (tertiary/aromatic N) is 1. The van der Waals surface area contributed by atoms with Crippen LogP contribution in [0.15, 0.2) is 76.5 Å². The van der Waals surface area contributed by atoms with E-state index >= 15 is 0 Å². The van der Waals surface area contributed by atoms with E-state index in [0.29, 0.717) is 35.5 Å². The molecule has 0 fully saturated rings. The monoisotopic (exact) mass is 724 g/mol. The molecule has 0 saturated carbocycles. The number of rotatable bonds is 16. The van der Waals surface area contributed by atoms with Crippen LogP contribution in [-0.4, -0.2) is 62.1 Å². The van der Waals surface area contributed by atoms with Crippen LogP contribution in [0.3, 0.4) is 0 Å². The van der Waals surface area contributed by atoms with Crippen molar-refractivity contribution in [2.24, 2.45) is 0 Å². The fourth-order valence-corrected chi connectivity index (χ4v) is 8.16. The van der Waals surface area contributed by atoms with Gasteiger partial charge in [0.2, 0.25) is 15.9 Å². The first-order valence-corrected chi connectivity index (χ1v) is 19.6. The van der Waals surface area contributed by atoms with Gasteiger partial charge in [-0.2, -0.15) is 0 Å². The van der Waals surface area contributed by atoms with Crippen molar-refractivity contribution in [3.05, 3.63) is 72.3 Å². The van der Waals surface area contributed by atoms with Gasteiger partial charge in [-0.1, -0.05) is 69.9 Å². The van der Waals surface area contributed by atoms with Crippen LogP contribution in [-0.2, 0) is 24.4 Å². The molecule has 13 heteroatoms. The normalized spacial score (nSPS) is 16.0. The summed E-state index contributed by atoms with van der Waals surface area (Å²) in [7, 11) is -4.04. The predicted octanol–water partition coefficient (Wildman–Crippen LogP) is 5.99. The summed E-state index contributed by atoms with van der Waals surface area (Å²) in [6.45, 7) is 7.01. The molecule has 4 N–H and O–H groups in total. The lowest BCUT2D eigenvalue weighted by Crippen LogP contribution is -2.53. The predicted molar refractivity (Wildman–Crippen MR) is 197 cm³/mol. The highest BCUT2D eigenvalue weighted by Crippen LogP contribution is 2.44. The number of para-hydroxylation sites is 1. The lowest BCUT2D eigenvalue weighted by Gasteiger charge is -2.37. The Morgan fingerprint density at radius 1 is 1.00 bits per heavy atom. The molecule has 3 aromatic carbocycles. The molecule has 3 aromatic rings. The summed E-state index contributed by atoms with van der Waals surface area (Å²) in [4.78, 5) is 41.1. The Morgan fingerprint density at radius 2 is 1.64 bits per heavy atom. The number of fused-ring (bicyclic) bond motifs is 1. The summed E-state index contributed by atoms with van der Waals surface area (Å²) >= 11 is 1.36. The van der Waals surface area contributed by atoms with Crippen LogP contribution in [0.25, 0.3) is 0 Å². The number of aromatic hydroxyl groups is 1. The number of ether oxygens (including phenoxy) is 1.